The van der Waals surface area contributed by atoms with Crippen LogP contribution < -0.4 is 0 Å². The van der Waals surface area contributed by atoms with E-state index in [4.69, 9.17) is 5.11 Å². The highest BCUT2D eigenvalue weighted by molar-refractivity contribution is 9.10. The van der Waals surface area contributed by atoms with Gasteiger partial charge in [-0.25, -0.2) is 0 Å². The van der Waals surface area contributed by atoms with Crippen LogP contribution in [0.3, 0.4) is 0 Å². The second kappa shape index (κ2) is 7.47. The van der Waals surface area contributed by atoms with Crippen LogP contribution in [0.15, 0.2) is 16.7 Å². The Morgan fingerprint density at radius 2 is 2.10 bits per heavy atom. The van der Waals surface area contributed by atoms with Crippen molar-refractivity contribution in [2.75, 3.05) is 13.1 Å². The van der Waals surface area contributed by atoms with Crippen LogP contribution in [0.4, 0.5) is 0 Å². The number of hydrogen-bond donors (Lipinski definition) is 1. The van der Waals surface area contributed by atoms with Gasteiger partial charge in [0.1, 0.15) is 5.69 Å². The first-order valence-electron chi connectivity index (χ1n) is 6.78. The fourth-order valence-electron chi connectivity index (χ4n) is 2.01. The summed E-state index contributed by atoms with van der Waals surface area (Å²) in [5, 5.41) is 8.97. The van der Waals surface area contributed by atoms with Crippen LogP contribution in [0.1, 0.15) is 37.7 Å². The van der Waals surface area contributed by atoms with Gasteiger partial charge in [-0.1, -0.05) is 13.8 Å². The van der Waals surface area contributed by atoms with E-state index < -0.39 is 11.9 Å². The zero-order valence-electron chi connectivity index (χ0n) is 12.1. The summed E-state index contributed by atoms with van der Waals surface area (Å²) in [6.07, 6.45) is 2.81. The fraction of sp³-hybridized carbons (Fsp3) is 0.571. The zero-order chi connectivity index (χ0) is 15.3. The molecule has 0 aliphatic carbocycles. The van der Waals surface area contributed by atoms with Gasteiger partial charge in [0.2, 0.25) is 0 Å². The maximum Gasteiger partial charge on any atom is 0.308 e. The fourth-order valence-corrected chi connectivity index (χ4v) is 2.47. The molecule has 0 aliphatic heterocycles. The molecule has 0 aliphatic rings. The molecule has 1 unspecified atom stereocenters. The van der Waals surface area contributed by atoms with Gasteiger partial charge in [-0.2, -0.15) is 0 Å². The lowest BCUT2D eigenvalue weighted by atomic mass is 10.1. The van der Waals surface area contributed by atoms with E-state index in [2.05, 4.69) is 15.9 Å². The Kier molecular flexibility index (Phi) is 6.26. The van der Waals surface area contributed by atoms with Gasteiger partial charge in [0, 0.05) is 30.3 Å². The van der Waals surface area contributed by atoms with Crippen LogP contribution in [0.25, 0.3) is 0 Å². The van der Waals surface area contributed by atoms with E-state index in [-0.39, 0.29) is 12.5 Å². The number of carbonyl (C=O) groups excluding carboxylic acids is 1. The number of aromatic nitrogens is 1. The molecule has 0 aromatic carbocycles. The van der Waals surface area contributed by atoms with Gasteiger partial charge in [-0.3, -0.25) is 9.59 Å². The molecule has 112 valence electrons. The summed E-state index contributed by atoms with van der Waals surface area (Å²) < 4.78 is 2.76. The van der Waals surface area contributed by atoms with Crippen LogP contribution in [0, 0.1) is 5.92 Å². The predicted molar refractivity (Wildman–Crippen MR) is 80.8 cm³/mol. The van der Waals surface area contributed by atoms with Crippen molar-refractivity contribution in [3.63, 3.8) is 0 Å². The van der Waals surface area contributed by atoms with Crippen molar-refractivity contribution in [2.24, 2.45) is 5.92 Å². The minimum atomic E-state index is -0.888. The monoisotopic (exact) mass is 344 g/mol. The molecule has 1 amide bonds. The summed E-state index contributed by atoms with van der Waals surface area (Å²) in [5.41, 5.74) is 0.596. The lowest BCUT2D eigenvalue weighted by Gasteiger charge is -2.23. The molecule has 6 heteroatoms. The number of rotatable bonds is 7. The third-order valence-electron chi connectivity index (χ3n) is 3.13. The molecule has 1 N–H and O–H groups in total. The Balaban J connectivity index is 2.93. The highest BCUT2D eigenvalue weighted by Gasteiger charge is 2.22. The van der Waals surface area contributed by atoms with E-state index in [1.807, 2.05) is 24.6 Å². The van der Waals surface area contributed by atoms with Gasteiger partial charge in [0.15, 0.2) is 0 Å². The highest BCUT2D eigenvalue weighted by atomic mass is 79.9. The standard InChI is InChI=1S/C14H21BrN2O3/c1-4-6-17-9-11(15)7-12(17)13(18)16(5-2)8-10(3)14(19)20/h7,9-10H,4-6,8H2,1-3H3,(H,19,20). The predicted octanol–water partition coefficient (Wildman–Crippen LogP) is 2.84. The molecule has 0 saturated heterocycles. The molecule has 0 radical (unpaired) electrons. The minimum absolute atomic E-state index is 0.125. The van der Waals surface area contributed by atoms with Crippen molar-refractivity contribution in [1.29, 1.82) is 0 Å². The van der Waals surface area contributed by atoms with Crippen LogP contribution in [0.2, 0.25) is 0 Å². The van der Waals surface area contributed by atoms with Crippen LogP contribution in [-0.4, -0.2) is 39.5 Å². The molecule has 20 heavy (non-hydrogen) atoms. The molecule has 0 spiro atoms. The van der Waals surface area contributed by atoms with Crippen molar-refractivity contribution >= 4 is 27.8 Å². The smallest absolute Gasteiger partial charge is 0.308 e. The first kappa shape index (κ1) is 16.8. The number of halogens is 1. The van der Waals surface area contributed by atoms with Crippen molar-refractivity contribution in [1.82, 2.24) is 9.47 Å². The van der Waals surface area contributed by atoms with Crippen molar-refractivity contribution in [3.05, 3.63) is 22.4 Å². The molecule has 0 bridgehead atoms. The van der Waals surface area contributed by atoms with E-state index >= 15 is 0 Å². The molecule has 0 saturated carbocycles. The average Bonchev–Trinajstić information content (AvgIpc) is 2.76. The largest absolute Gasteiger partial charge is 0.481 e. The first-order valence-corrected chi connectivity index (χ1v) is 7.57. The second-order valence-corrected chi connectivity index (χ2v) is 5.74. The van der Waals surface area contributed by atoms with Gasteiger partial charge in [0.05, 0.1) is 5.92 Å². The van der Waals surface area contributed by atoms with Crippen molar-refractivity contribution in [3.8, 4) is 0 Å². The summed E-state index contributed by atoms with van der Waals surface area (Å²) in [7, 11) is 0. The van der Waals surface area contributed by atoms with E-state index in [1.54, 1.807) is 17.9 Å². The number of carboxylic acids is 1. The molecular formula is C14H21BrN2O3. The number of aliphatic carboxylic acids is 1. The number of amides is 1. The number of nitrogens with zero attached hydrogens (tertiary/aromatic N) is 2. The molecule has 0 fully saturated rings. The van der Waals surface area contributed by atoms with Crippen LogP contribution in [-0.2, 0) is 11.3 Å². The third kappa shape index (κ3) is 4.10. The van der Waals surface area contributed by atoms with E-state index in [0.29, 0.717) is 12.2 Å². The maximum atomic E-state index is 12.5. The normalized spacial score (nSPS) is 12.2. The van der Waals surface area contributed by atoms with Crippen molar-refractivity contribution < 1.29 is 14.7 Å². The zero-order valence-corrected chi connectivity index (χ0v) is 13.7. The van der Waals surface area contributed by atoms with Gasteiger partial charge in [-0.15, -0.1) is 0 Å². The Bertz CT molecular complexity index is 485. The summed E-state index contributed by atoms with van der Waals surface area (Å²) in [4.78, 5) is 25.0. The Morgan fingerprint density at radius 3 is 2.60 bits per heavy atom. The molecular weight excluding hydrogens is 324 g/mol. The lowest BCUT2D eigenvalue weighted by molar-refractivity contribution is -0.141. The van der Waals surface area contributed by atoms with Gasteiger partial charge in [-0.05, 0) is 35.3 Å². The van der Waals surface area contributed by atoms with Crippen LogP contribution in [0.5, 0.6) is 0 Å². The molecule has 1 heterocycles. The minimum Gasteiger partial charge on any atom is -0.481 e. The van der Waals surface area contributed by atoms with E-state index in [1.165, 1.54) is 0 Å². The molecule has 1 rings (SSSR count). The summed E-state index contributed by atoms with van der Waals surface area (Å²) in [5.74, 6) is -1.59. The van der Waals surface area contributed by atoms with Gasteiger partial charge < -0.3 is 14.6 Å². The van der Waals surface area contributed by atoms with Crippen molar-refractivity contribution in [2.45, 2.75) is 33.7 Å². The average molecular weight is 345 g/mol. The third-order valence-corrected chi connectivity index (χ3v) is 3.57. The second-order valence-electron chi connectivity index (χ2n) is 4.82. The highest BCUT2D eigenvalue weighted by Crippen LogP contribution is 2.18. The Morgan fingerprint density at radius 1 is 1.45 bits per heavy atom. The molecule has 1 atom stereocenters. The topological polar surface area (TPSA) is 62.5 Å². The number of carbonyl (C=O) groups is 2. The number of aryl methyl sites for hydroxylation is 1. The maximum absolute atomic E-state index is 12.5. The Hall–Kier alpha value is -1.30. The summed E-state index contributed by atoms with van der Waals surface area (Å²) in [6, 6.07) is 1.78. The summed E-state index contributed by atoms with van der Waals surface area (Å²) >= 11 is 3.38. The van der Waals surface area contributed by atoms with E-state index in [0.717, 1.165) is 17.4 Å². The molecule has 1 aromatic heterocycles. The van der Waals surface area contributed by atoms with E-state index in [9.17, 15) is 9.59 Å². The molecule has 1 aromatic rings. The van der Waals surface area contributed by atoms with Gasteiger partial charge >= 0.3 is 5.97 Å². The summed E-state index contributed by atoms with van der Waals surface area (Å²) in [6.45, 7) is 6.99. The van der Waals surface area contributed by atoms with Crippen LogP contribution >= 0.6 is 15.9 Å². The molecule has 5 nitrogen and oxygen atoms in total. The quantitative estimate of drug-likeness (QED) is 0.827. The number of hydrogen-bond acceptors (Lipinski definition) is 2. The number of carboxylic acid groups (broad SMARTS) is 1. The lowest BCUT2D eigenvalue weighted by Crippen LogP contribution is -2.37. The van der Waals surface area contributed by atoms with Gasteiger partial charge in [0.25, 0.3) is 5.91 Å². The first-order chi connectivity index (χ1) is 9.40. The SMILES string of the molecule is CCCn1cc(Br)cc1C(=O)N(CC)CC(C)C(=O)O. The Labute approximate surface area is 127 Å².